The Morgan fingerprint density at radius 2 is 2.24 bits per heavy atom. The molecule has 1 atom stereocenters. The Balaban J connectivity index is 2.70. The highest BCUT2D eigenvalue weighted by atomic mass is 16.5. The second-order valence-electron chi connectivity index (χ2n) is 4.11. The lowest BCUT2D eigenvalue weighted by Gasteiger charge is -2.16. The predicted octanol–water partition coefficient (Wildman–Crippen LogP) is 2.49. The summed E-state index contributed by atoms with van der Waals surface area (Å²) in [7, 11) is 1.59. The standard InChI is InChI=1S/C13H21N3O/c1-5-14-11(7-6-10(2)3)12-8-9-13(17-4)16-15-12/h8-9,11,14H,2,5-7H2,1,3-4H3. The number of hydrogen-bond acceptors (Lipinski definition) is 4. The molecule has 0 aliphatic carbocycles. The number of nitrogens with one attached hydrogen (secondary N) is 1. The molecule has 0 aromatic carbocycles. The molecule has 0 fully saturated rings. The van der Waals surface area contributed by atoms with E-state index >= 15 is 0 Å². The van der Waals surface area contributed by atoms with Gasteiger partial charge in [0, 0.05) is 6.07 Å². The molecule has 17 heavy (non-hydrogen) atoms. The van der Waals surface area contributed by atoms with Crippen LogP contribution in [0.25, 0.3) is 0 Å². The molecule has 0 radical (unpaired) electrons. The number of hydrogen-bond donors (Lipinski definition) is 1. The maximum absolute atomic E-state index is 5.00. The Morgan fingerprint density at radius 3 is 2.71 bits per heavy atom. The van der Waals surface area contributed by atoms with Gasteiger partial charge < -0.3 is 10.1 Å². The van der Waals surface area contributed by atoms with E-state index in [4.69, 9.17) is 4.74 Å². The van der Waals surface area contributed by atoms with Crippen LogP contribution in [0, 0.1) is 0 Å². The Labute approximate surface area is 103 Å². The molecule has 1 aromatic heterocycles. The summed E-state index contributed by atoms with van der Waals surface area (Å²) in [5.74, 6) is 0.545. The molecule has 1 heterocycles. The SMILES string of the molecule is C=C(C)CCC(NCC)c1ccc(OC)nn1. The summed E-state index contributed by atoms with van der Waals surface area (Å²) in [6.45, 7) is 8.97. The van der Waals surface area contributed by atoms with E-state index in [-0.39, 0.29) is 6.04 Å². The fourth-order valence-corrected chi connectivity index (χ4v) is 1.62. The fourth-order valence-electron chi connectivity index (χ4n) is 1.62. The largest absolute Gasteiger partial charge is 0.480 e. The number of aromatic nitrogens is 2. The second-order valence-corrected chi connectivity index (χ2v) is 4.11. The summed E-state index contributed by atoms with van der Waals surface area (Å²) < 4.78 is 5.00. The molecule has 1 rings (SSSR count). The lowest BCUT2D eigenvalue weighted by Crippen LogP contribution is -2.22. The zero-order chi connectivity index (χ0) is 12.7. The van der Waals surface area contributed by atoms with Crippen LogP contribution >= 0.6 is 0 Å². The smallest absolute Gasteiger partial charge is 0.233 e. The van der Waals surface area contributed by atoms with Crippen molar-refractivity contribution in [2.45, 2.75) is 32.7 Å². The molecule has 0 amide bonds. The number of ether oxygens (including phenoxy) is 1. The summed E-state index contributed by atoms with van der Waals surface area (Å²) in [5, 5.41) is 11.6. The zero-order valence-corrected chi connectivity index (χ0v) is 10.9. The van der Waals surface area contributed by atoms with Crippen LogP contribution in [0.2, 0.25) is 0 Å². The Kier molecular flexibility index (Phi) is 5.63. The van der Waals surface area contributed by atoms with Gasteiger partial charge >= 0.3 is 0 Å². The van der Waals surface area contributed by atoms with E-state index in [1.54, 1.807) is 7.11 Å². The summed E-state index contributed by atoms with van der Waals surface area (Å²) in [6, 6.07) is 4.03. The number of allylic oxidation sites excluding steroid dienone is 1. The van der Waals surface area contributed by atoms with Crippen molar-refractivity contribution in [2.75, 3.05) is 13.7 Å². The molecule has 1 unspecified atom stereocenters. The van der Waals surface area contributed by atoms with Gasteiger partial charge in [0.15, 0.2) is 0 Å². The average Bonchev–Trinajstić information content (AvgIpc) is 2.34. The van der Waals surface area contributed by atoms with E-state index < -0.39 is 0 Å². The predicted molar refractivity (Wildman–Crippen MR) is 69.0 cm³/mol. The quantitative estimate of drug-likeness (QED) is 0.738. The molecular weight excluding hydrogens is 214 g/mol. The molecule has 1 N–H and O–H groups in total. The highest BCUT2D eigenvalue weighted by molar-refractivity contribution is 5.14. The monoisotopic (exact) mass is 235 g/mol. The van der Waals surface area contributed by atoms with Crippen molar-refractivity contribution in [2.24, 2.45) is 0 Å². The Morgan fingerprint density at radius 1 is 1.47 bits per heavy atom. The van der Waals surface area contributed by atoms with Crippen LogP contribution in [-0.2, 0) is 0 Å². The average molecular weight is 235 g/mol. The molecule has 4 heteroatoms. The molecule has 0 spiro atoms. The third kappa shape index (κ3) is 4.53. The summed E-state index contributed by atoms with van der Waals surface area (Å²) >= 11 is 0. The Hall–Kier alpha value is -1.42. The lowest BCUT2D eigenvalue weighted by molar-refractivity contribution is 0.388. The minimum Gasteiger partial charge on any atom is -0.480 e. The molecule has 0 bridgehead atoms. The number of methoxy groups -OCH3 is 1. The summed E-state index contributed by atoms with van der Waals surface area (Å²) in [5.41, 5.74) is 2.14. The number of rotatable bonds is 7. The fraction of sp³-hybridized carbons (Fsp3) is 0.538. The molecule has 0 saturated heterocycles. The molecule has 0 saturated carbocycles. The van der Waals surface area contributed by atoms with Crippen LogP contribution in [0.5, 0.6) is 5.88 Å². The van der Waals surface area contributed by atoms with Crippen molar-refractivity contribution in [1.29, 1.82) is 0 Å². The van der Waals surface area contributed by atoms with Crippen molar-refractivity contribution in [3.8, 4) is 5.88 Å². The van der Waals surface area contributed by atoms with Crippen LogP contribution in [0.15, 0.2) is 24.3 Å². The van der Waals surface area contributed by atoms with Gasteiger partial charge in [0.1, 0.15) is 0 Å². The molecule has 0 aliphatic heterocycles. The van der Waals surface area contributed by atoms with Crippen molar-refractivity contribution >= 4 is 0 Å². The van der Waals surface area contributed by atoms with Crippen LogP contribution < -0.4 is 10.1 Å². The highest BCUT2D eigenvalue weighted by Gasteiger charge is 2.12. The second kappa shape index (κ2) is 7.01. The van der Waals surface area contributed by atoms with E-state index in [9.17, 15) is 0 Å². The van der Waals surface area contributed by atoms with Crippen LogP contribution in [-0.4, -0.2) is 23.9 Å². The van der Waals surface area contributed by atoms with Crippen molar-refractivity contribution in [3.05, 3.63) is 30.0 Å². The molecular formula is C13H21N3O. The van der Waals surface area contributed by atoms with Gasteiger partial charge in [0.2, 0.25) is 5.88 Å². The number of nitrogens with zero attached hydrogens (tertiary/aromatic N) is 2. The van der Waals surface area contributed by atoms with Crippen LogP contribution in [0.1, 0.15) is 38.4 Å². The first-order valence-electron chi connectivity index (χ1n) is 5.92. The van der Waals surface area contributed by atoms with E-state index in [1.165, 1.54) is 5.57 Å². The summed E-state index contributed by atoms with van der Waals surface area (Å²) in [4.78, 5) is 0. The van der Waals surface area contributed by atoms with E-state index in [1.807, 2.05) is 19.1 Å². The zero-order valence-electron chi connectivity index (χ0n) is 10.9. The first-order valence-corrected chi connectivity index (χ1v) is 5.92. The molecule has 94 valence electrons. The van der Waals surface area contributed by atoms with E-state index in [0.29, 0.717) is 5.88 Å². The van der Waals surface area contributed by atoms with Crippen LogP contribution in [0.3, 0.4) is 0 Å². The first-order chi connectivity index (χ1) is 8.17. The normalized spacial score (nSPS) is 12.2. The van der Waals surface area contributed by atoms with Crippen molar-refractivity contribution in [3.63, 3.8) is 0 Å². The van der Waals surface area contributed by atoms with E-state index in [0.717, 1.165) is 25.1 Å². The lowest BCUT2D eigenvalue weighted by atomic mass is 10.0. The van der Waals surface area contributed by atoms with Gasteiger partial charge in [-0.2, -0.15) is 5.10 Å². The third-order valence-electron chi connectivity index (χ3n) is 2.54. The Bertz CT molecular complexity index is 348. The third-order valence-corrected chi connectivity index (χ3v) is 2.54. The molecule has 4 nitrogen and oxygen atoms in total. The van der Waals surface area contributed by atoms with Gasteiger partial charge in [-0.3, -0.25) is 0 Å². The highest BCUT2D eigenvalue weighted by Crippen LogP contribution is 2.19. The minimum absolute atomic E-state index is 0.232. The minimum atomic E-state index is 0.232. The van der Waals surface area contributed by atoms with Gasteiger partial charge in [-0.05, 0) is 32.4 Å². The molecule has 0 aliphatic rings. The van der Waals surface area contributed by atoms with Gasteiger partial charge in [-0.25, -0.2) is 0 Å². The maximum Gasteiger partial charge on any atom is 0.233 e. The maximum atomic E-state index is 5.00. The topological polar surface area (TPSA) is 47.0 Å². The van der Waals surface area contributed by atoms with Crippen molar-refractivity contribution in [1.82, 2.24) is 15.5 Å². The van der Waals surface area contributed by atoms with Crippen molar-refractivity contribution < 1.29 is 4.74 Å². The van der Waals surface area contributed by atoms with Gasteiger partial charge in [-0.1, -0.05) is 12.5 Å². The van der Waals surface area contributed by atoms with Gasteiger partial charge in [0.05, 0.1) is 18.8 Å². The summed E-state index contributed by atoms with van der Waals surface area (Å²) in [6.07, 6.45) is 1.98. The van der Waals surface area contributed by atoms with E-state index in [2.05, 4.69) is 29.0 Å². The first kappa shape index (κ1) is 13.6. The molecule has 1 aromatic rings. The van der Waals surface area contributed by atoms with Gasteiger partial charge in [-0.15, -0.1) is 11.7 Å². The van der Waals surface area contributed by atoms with Crippen LogP contribution in [0.4, 0.5) is 0 Å². The van der Waals surface area contributed by atoms with Gasteiger partial charge in [0.25, 0.3) is 0 Å².